The molecular weight excluding hydrogens is 214 g/mol. The molecule has 16 heavy (non-hydrogen) atoms. The van der Waals surface area contributed by atoms with Crippen LogP contribution in [0.15, 0.2) is 0 Å². The summed E-state index contributed by atoms with van der Waals surface area (Å²) in [4.78, 5) is 25.5. The van der Waals surface area contributed by atoms with Crippen molar-refractivity contribution in [2.24, 2.45) is 5.41 Å². The molecule has 2 saturated heterocycles. The third kappa shape index (κ3) is 1.68. The lowest BCUT2D eigenvalue weighted by Crippen LogP contribution is -2.61. The van der Waals surface area contributed by atoms with Gasteiger partial charge in [0, 0.05) is 13.1 Å². The smallest absolute Gasteiger partial charge is 0.326 e. The minimum Gasteiger partial charge on any atom is -0.468 e. The number of morpholine rings is 1. The van der Waals surface area contributed by atoms with Crippen LogP contribution in [0, 0.1) is 5.41 Å². The second-order valence-corrected chi connectivity index (χ2v) is 3.97. The SMILES string of the molecule is COC(=O)C1(C(=O)N2CCOCC2)COC1. The monoisotopic (exact) mass is 229 g/mol. The number of esters is 1. The Balaban J connectivity index is 2.08. The summed E-state index contributed by atoms with van der Waals surface area (Å²) in [5.74, 6) is -0.704. The second kappa shape index (κ2) is 4.39. The van der Waals surface area contributed by atoms with Gasteiger partial charge in [-0.1, -0.05) is 0 Å². The first-order valence-corrected chi connectivity index (χ1v) is 5.24. The van der Waals surface area contributed by atoms with Crippen LogP contribution in [0.2, 0.25) is 0 Å². The lowest BCUT2D eigenvalue weighted by atomic mass is 9.84. The standard InChI is InChI=1S/C10H15NO5/c1-14-9(13)10(6-16-7-10)8(12)11-2-4-15-5-3-11/h2-7H2,1H3. The predicted octanol–water partition coefficient (Wildman–Crippen LogP) is -0.965. The van der Waals surface area contributed by atoms with E-state index in [-0.39, 0.29) is 19.1 Å². The summed E-state index contributed by atoms with van der Waals surface area (Å²) in [5, 5.41) is 0. The molecule has 0 bridgehead atoms. The zero-order valence-electron chi connectivity index (χ0n) is 9.23. The molecule has 2 aliphatic heterocycles. The molecule has 0 aromatic carbocycles. The van der Waals surface area contributed by atoms with E-state index < -0.39 is 11.4 Å². The molecule has 0 radical (unpaired) electrons. The van der Waals surface area contributed by atoms with Crippen molar-refractivity contribution in [3.63, 3.8) is 0 Å². The molecular formula is C10H15NO5. The summed E-state index contributed by atoms with van der Waals surface area (Å²) in [5.41, 5.74) is -1.11. The van der Waals surface area contributed by atoms with Crippen LogP contribution in [0.1, 0.15) is 0 Å². The molecule has 0 aromatic rings. The Morgan fingerprint density at radius 3 is 2.25 bits per heavy atom. The van der Waals surface area contributed by atoms with Gasteiger partial charge in [-0.25, -0.2) is 0 Å². The van der Waals surface area contributed by atoms with Crippen LogP contribution in [0.4, 0.5) is 0 Å². The number of hydrogen-bond acceptors (Lipinski definition) is 5. The zero-order chi connectivity index (χ0) is 11.6. The highest BCUT2D eigenvalue weighted by Gasteiger charge is 2.55. The molecule has 6 heteroatoms. The fraction of sp³-hybridized carbons (Fsp3) is 0.800. The quantitative estimate of drug-likeness (QED) is 0.450. The van der Waals surface area contributed by atoms with Gasteiger partial charge < -0.3 is 19.1 Å². The highest BCUT2D eigenvalue weighted by atomic mass is 16.5. The van der Waals surface area contributed by atoms with E-state index in [9.17, 15) is 9.59 Å². The van der Waals surface area contributed by atoms with Gasteiger partial charge in [-0.3, -0.25) is 9.59 Å². The van der Waals surface area contributed by atoms with Gasteiger partial charge >= 0.3 is 5.97 Å². The molecule has 0 unspecified atom stereocenters. The van der Waals surface area contributed by atoms with Crippen LogP contribution in [-0.4, -0.2) is 63.4 Å². The van der Waals surface area contributed by atoms with E-state index in [0.717, 1.165) is 0 Å². The Morgan fingerprint density at radius 1 is 1.19 bits per heavy atom. The van der Waals surface area contributed by atoms with E-state index in [1.807, 2.05) is 0 Å². The maximum atomic E-state index is 12.2. The first kappa shape index (κ1) is 11.3. The van der Waals surface area contributed by atoms with E-state index >= 15 is 0 Å². The third-order valence-corrected chi connectivity index (χ3v) is 2.98. The summed E-state index contributed by atoms with van der Waals surface area (Å²) in [6.45, 7) is 2.33. The van der Waals surface area contributed by atoms with Crippen LogP contribution in [0.5, 0.6) is 0 Å². The summed E-state index contributed by atoms with van der Waals surface area (Å²) in [6.07, 6.45) is 0. The Labute approximate surface area is 93.4 Å². The van der Waals surface area contributed by atoms with E-state index in [0.29, 0.717) is 26.3 Å². The van der Waals surface area contributed by atoms with Gasteiger partial charge in [0.05, 0.1) is 33.5 Å². The molecule has 2 heterocycles. The van der Waals surface area contributed by atoms with Gasteiger partial charge in [-0.15, -0.1) is 0 Å². The molecule has 0 N–H and O–H groups in total. The molecule has 0 spiro atoms. The molecule has 0 aliphatic carbocycles. The Bertz CT molecular complexity index is 294. The van der Waals surface area contributed by atoms with Crippen LogP contribution in [-0.2, 0) is 23.8 Å². The van der Waals surface area contributed by atoms with Crippen LogP contribution in [0.25, 0.3) is 0 Å². The molecule has 2 aliphatic rings. The lowest BCUT2D eigenvalue weighted by Gasteiger charge is -2.41. The summed E-state index contributed by atoms with van der Waals surface area (Å²) in [7, 11) is 1.29. The van der Waals surface area contributed by atoms with Crippen LogP contribution >= 0.6 is 0 Å². The number of ether oxygens (including phenoxy) is 3. The Morgan fingerprint density at radius 2 is 1.81 bits per heavy atom. The molecule has 2 rings (SSSR count). The molecule has 0 saturated carbocycles. The van der Waals surface area contributed by atoms with E-state index in [1.54, 1.807) is 4.90 Å². The number of nitrogens with zero attached hydrogens (tertiary/aromatic N) is 1. The molecule has 0 atom stereocenters. The number of carbonyl (C=O) groups excluding carboxylic acids is 2. The second-order valence-electron chi connectivity index (χ2n) is 3.97. The van der Waals surface area contributed by atoms with Crippen molar-refractivity contribution in [2.75, 3.05) is 46.6 Å². The summed E-state index contributed by atoms with van der Waals surface area (Å²) in [6, 6.07) is 0. The van der Waals surface area contributed by atoms with Crippen molar-refractivity contribution < 1.29 is 23.8 Å². The zero-order valence-corrected chi connectivity index (χ0v) is 9.23. The molecule has 6 nitrogen and oxygen atoms in total. The fourth-order valence-corrected chi connectivity index (χ4v) is 1.90. The third-order valence-electron chi connectivity index (χ3n) is 2.98. The maximum absolute atomic E-state index is 12.2. The summed E-state index contributed by atoms with van der Waals surface area (Å²) < 4.78 is 14.8. The van der Waals surface area contributed by atoms with Crippen molar-refractivity contribution in [1.29, 1.82) is 0 Å². The Hall–Kier alpha value is -1.14. The highest BCUT2D eigenvalue weighted by Crippen LogP contribution is 2.31. The summed E-state index contributed by atoms with van der Waals surface area (Å²) >= 11 is 0. The minimum absolute atomic E-state index is 0.121. The van der Waals surface area contributed by atoms with Gasteiger partial charge in [0.2, 0.25) is 5.91 Å². The largest absolute Gasteiger partial charge is 0.468 e. The van der Waals surface area contributed by atoms with Gasteiger partial charge in [0.15, 0.2) is 5.41 Å². The highest BCUT2D eigenvalue weighted by molar-refractivity contribution is 6.04. The van der Waals surface area contributed by atoms with Crippen molar-refractivity contribution >= 4 is 11.9 Å². The number of amides is 1. The Kier molecular flexibility index (Phi) is 3.11. The lowest BCUT2D eigenvalue weighted by molar-refractivity contribution is -0.195. The van der Waals surface area contributed by atoms with E-state index in [2.05, 4.69) is 4.74 Å². The average Bonchev–Trinajstić information content (AvgIpc) is 2.28. The number of carbonyl (C=O) groups is 2. The van der Waals surface area contributed by atoms with Crippen molar-refractivity contribution in [3.05, 3.63) is 0 Å². The van der Waals surface area contributed by atoms with Gasteiger partial charge in [0.1, 0.15) is 0 Å². The van der Waals surface area contributed by atoms with Gasteiger partial charge in [-0.05, 0) is 0 Å². The topological polar surface area (TPSA) is 65.1 Å². The number of rotatable bonds is 2. The molecule has 2 fully saturated rings. The van der Waals surface area contributed by atoms with Crippen molar-refractivity contribution in [1.82, 2.24) is 4.90 Å². The van der Waals surface area contributed by atoms with Crippen LogP contribution < -0.4 is 0 Å². The number of hydrogen-bond donors (Lipinski definition) is 0. The van der Waals surface area contributed by atoms with Crippen LogP contribution in [0.3, 0.4) is 0 Å². The molecule has 0 aromatic heterocycles. The fourth-order valence-electron chi connectivity index (χ4n) is 1.90. The van der Waals surface area contributed by atoms with E-state index in [4.69, 9.17) is 9.47 Å². The molecule has 1 amide bonds. The van der Waals surface area contributed by atoms with Crippen molar-refractivity contribution in [2.45, 2.75) is 0 Å². The van der Waals surface area contributed by atoms with E-state index in [1.165, 1.54) is 7.11 Å². The molecule has 90 valence electrons. The van der Waals surface area contributed by atoms with Gasteiger partial charge in [0.25, 0.3) is 0 Å². The first-order valence-electron chi connectivity index (χ1n) is 5.24. The predicted molar refractivity (Wildman–Crippen MR) is 52.7 cm³/mol. The van der Waals surface area contributed by atoms with Crippen molar-refractivity contribution in [3.8, 4) is 0 Å². The number of methoxy groups -OCH3 is 1. The normalized spacial score (nSPS) is 23.4. The minimum atomic E-state index is -1.11. The average molecular weight is 229 g/mol. The maximum Gasteiger partial charge on any atom is 0.326 e. The first-order chi connectivity index (χ1) is 7.70. The van der Waals surface area contributed by atoms with Gasteiger partial charge in [-0.2, -0.15) is 0 Å².